The fourth-order valence-electron chi connectivity index (χ4n) is 6.06. The first-order valence-electron chi connectivity index (χ1n) is 14.8. The van der Waals surface area contributed by atoms with Gasteiger partial charge in [-0.3, -0.25) is 14.4 Å². The molecule has 0 bridgehead atoms. The molecule has 5 aromatic rings. The van der Waals surface area contributed by atoms with Crippen molar-refractivity contribution in [3.8, 4) is 0 Å². The molecule has 1 atom stereocenters. The topological polar surface area (TPSA) is 96.3 Å². The number of para-hydroxylation sites is 1. The van der Waals surface area contributed by atoms with E-state index in [2.05, 4.69) is 80.9 Å². The Morgan fingerprint density at radius 3 is 2.19 bits per heavy atom. The van der Waals surface area contributed by atoms with Crippen molar-refractivity contribution in [2.24, 2.45) is 0 Å². The third-order valence-electron chi connectivity index (χ3n) is 8.26. The molecule has 0 unspecified atom stereocenters. The lowest BCUT2D eigenvalue weighted by Gasteiger charge is -2.40. The van der Waals surface area contributed by atoms with Gasteiger partial charge in [-0.05, 0) is 41.5 Å². The summed E-state index contributed by atoms with van der Waals surface area (Å²) < 4.78 is 6.37. The van der Waals surface area contributed by atoms with E-state index in [1.165, 1.54) is 18.2 Å². The van der Waals surface area contributed by atoms with E-state index in [0.29, 0.717) is 32.5 Å². The number of methoxy groups -OCH3 is 1. The van der Waals surface area contributed by atoms with E-state index in [4.69, 9.17) is 4.74 Å². The normalized spacial score (nSPS) is 14.7. The highest BCUT2D eigenvalue weighted by molar-refractivity contribution is 5.87. The molecule has 0 radical (unpaired) electrons. The van der Waals surface area contributed by atoms with Gasteiger partial charge in [-0.1, -0.05) is 84.1 Å². The van der Waals surface area contributed by atoms with Gasteiger partial charge in [0.05, 0.1) is 25.3 Å². The summed E-state index contributed by atoms with van der Waals surface area (Å²) >= 11 is 0. The van der Waals surface area contributed by atoms with Crippen molar-refractivity contribution >= 4 is 22.8 Å². The summed E-state index contributed by atoms with van der Waals surface area (Å²) in [4.78, 5) is 33.9. The molecule has 220 valence electrons. The van der Waals surface area contributed by atoms with E-state index in [9.17, 15) is 9.59 Å². The van der Waals surface area contributed by atoms with Crippen LogP contribution in [0.1, 0.15) is 52.1 Å². The zero-order valence-electron chi connectivity index (χ0n) is 24.3. The van der Waals surface area contributed by atoms with Crippen LogP contribution in [0.15, 0.2) is 97.2 Å². The molecule has 1 saturated heterocycles. The molecule has 0 saturated carbocycles. The number of hydrogen-bond donors (Lipinski definition) is 1. The molecule has 3 aromatic carbocycles. The van der Waals surface area contributed by atoms with Crippen molar-refractivity contribution in [3.63, 3.8) is 0 Å². The third-order valence-corrected chi connectivity index (χ3v) is 8.26. The van der Waals surface area contributed by atoms with Gasteiger partial charge in [0.1, 0.15) is 0 Å². The fourth-order valence-corrected chi connectivity index (χ4v) is 6.06. The monoisotopic (exact) mass is 576 g/mol. The first kappa shape index (κ1) is 28.4. The summed E-state index contributed by atoms with van der Waals surface area (Å²) in [6.07, 6.45) is 2.91. The number of fused-ring (bicyclic) bond motifs is 1. The minimum Gasteiger partial charge on any atom is -0.464 e. The predicted octanol–water partition coefficient (Wildman–Crippen LogP) is 5.04. The average molecular weight is 577 g/mol. The molecule has 2 aromatic heterocycles. The Balaban J connectivity index is 1.17. The van der Waals surface area contributed by atoms with Crippen LogP contribution in [-0.2, 0) is 16.1 Å². The Kier molecular flexibility index (Phi) is 8.60. The van der Waals surface area contributed by atoms with E-state index in [0.717, 1.165) is 29.7 Å². The summed E-state index contributed by atoms with van der Waals surface area (Å²) in [6.45, 7) is 3.44. The number of carbonyl (C=O) groups is 2. The van der Waals surface area contributed by atoms with Gasteiger partial charge >= 0.3 is 5.97 Å². The highest BCUT2D eigenvalue weighted by Gasteiger charge is 2.32. The molecule has 0 aliphatic carbocycles. The van der Waals surface area contributed by atoms with Gasteiger partial charge in [0.2, 0.25) is 5.91 Å². The van der Waals surface area contributed by atoms with Crippen LogP contribution < -0.4 is 0 Å². The number of amides is 1. The molecule has 1 fully saturated rings. The first-order valence-corrected chi connectivity index (χ1v) is 14.8. The second-order valence-corrected chi connectivity index (χ2v) is 11.0. The van der Waals surface area contributed by atoms with Gasteiger partial charge in [0.15, 0.2) is 5.69 Å². The molecule has 1 amide bonds. The molecule has 1 N–H and O–H groups in total. The predicted molar refractivity (Wildman–Crippen MR) is 165 cm³/mol. The Morgan fingerprint density at radius 1 is 0.884 bits per heavy atom. The number of piperazine rings is 1. The van der Waals surface area contributed by atoms with Crippen molar-refractivity contribution in [2.75, 3.05) is 33.3 Å². The number of hydrogen-bond acceptors (Lipinski definition) is 6. The summed E-state index contributed by atoms with van der Waals surface area (Å²) in [5.41, 5.74) is 4.63. The van der Waals surface area contributed by atoms with Gasteiger partial charge in [-0.2, -0.15) is 0 Å². The van der Waals surface area contributed by atoms with Crippen molar-refractivity contribution in [1.82, 2.24) is 29.8 Å². The van der Waals surface area contributed by atoms with Crippen LogP contribution in [0.5, 0.6) is 0 Å². The maximum absolute atomic E-state index is 14.2. The highest BCUT2D eigenvalue weighted by atomic mass is 16.5. The number of rotatable bonds is 10. The number of ether oxygens (including phenoxy) is 1. The molecule has 43 heavy (non-hydrogen) atoms. The first-order chi connectivity index (χ1) is 21.1. The zero-order chi connectivity index (χ0) is 29.6. The maximum Gasteiger partial charge on any atom is 0.360 e. The zero-order valence-corrected chi connectivity index (χ0v) is 24.3. The quantitative estimate of drug-likeness (QED) is 0.234. The van der Waals surface area contributed by atoms with E-state index in [1.54, 1.807) is 10.9 Å². The summed E-state index contributed by atoms with van der Waals surface area (Å²) in [5.74, 6) is -0.698. The van der Waals surface area contributed by atoms with Crippen LogP contribution in [0.4, 0.5) is 0 Å². The number of nitrogens with zero attached hydrogens (tertiary/aromatic N) is 5. The molecule has 3 heterocycles. The number of aryl methyl sites for hydroxylation is 1. The Bertz CT molecular complexity index is 1580. The van der Waals surface area contributed by atoms with Crippen molar-refractivity contribution in [1.29, 1.82) is 0 Å². The lowest BCUT2D eigenvalue weighted by atomic mass is 9.95. The van der Waals surface area contributed by atoms with E-state index < -0.39 is 5.97 Å². The van der Waals surface area contributed by atoms with Crippen LogP contribution in [0.2, 0.25) is 0 Å². The van der Waals surface area contributed by atoms with E-state index in [1.807, 2.05) is 35.2 Å². The lowest BCUT2D eigenvalue weighted by molar-refractivity contribution is -0.135. The van der Waals surface area contributed by atoms with Crippen LogP contribution in [-0.4, -0.2) is 74.9 Å². The van der Waals surface area contributed by atoms with Crippen molar-refractivity contribution < 1.29 is 14.3 Å². The number of esters is 1. The van der Waals surface area contributed by atoms with Crippen LogP contribution in [0.3, 0.4) is 0 Å². The Hall–Kier alpha value is -4.76. The second kappa shape index (κ2) is 13.0. The number of benzene rings is 3. The SMILES string of the molecule is COC(=O)c1cn(CCC[C@H](C(=O)N2CCN(C(c3ccccc3)c3ccccc3)CC2)c2cc3ccccc3[nH]2)nn1. The molecular formula is C34H36N6O3. The van der Waals surface area contributed by atoms with Gasteiger partial charge in [-0.25, -0.2) is 4.79 Å². The molecule has 1 aliphatic heterocycles. The maximum atomic E-state index is 14.2. The minimum absolute atomic E-state index is 0.135. The Labute approximate surface area is 251 Å². The number of aromatic nitrogens is 4. The molecule has 9 nitrogen and oxygen atoms in total. The van der Waals surface area contributed by atoms with E-state index >= 15 is 0 Å². The average Bonchev–Trinajstić information content (AvgIpc) is 3.71. The summed E-state index contributed by atoms with van der Waals surface area (Å²) in [6, 6.07) is 31.5. The minimum atomic E-state index is -0.515. The van der Waals surface area contributed by atoms with Crippen LogP contribution >= 0.6 is 0 Å². The van der Waals surface area contributed by atoms with Gasteiger partial charge in [0.25, 0.3) is 0 Å². The summed E-state index contributed by atoms with van der Waals surface area (Å²) in [5, 5.41) is 9.04. The largest absolute Gasteiger partial charge is 0.464 e. The highest BCUT2D eigenvalue weighted by Crippen LogP contribution is 2.31. The molecule has 6 rings (SSSR count). The molecular weight excluding hydrogens is 540 g/mol. The number of H-pyrrole nitrogens is 1. The van der Waals surface area contributed by atoms with Gasteiger partial charge in [-0.15, -0.1) is 5.10 Å². The molecule has 1 aliphatic rings. The molecule has 9 heteroatoms. The molecule has 0 spiro atoms. The smallest absolute Gasteiger partial charge is 0.360 e. The van der Waals surface area contributed by atoms with Crippen LogP contribution in [0, 0.1) is 0 Å². The number of aromatic amines is 1. The van der Waals surface area contributed by atoms with Gasteiger partial charge in [0, 0.05) is 43.9 Å². The lowest BCUT2D eigenvalue weighted by Crippen LogP contribution is -2.51. The number of nitrogens with one attached hydrogen (secondary N) is 1. The van der Waals surface area contributed by atoms with Crippen LogP contribution in [0.25, 0.3) is 10.9 Å². The Morgan fingerprint density at radius 2 is 1.53 bits per heavy atom. The van der Waals surface area contributed by atoms with Crippen molar-refractivity contribution in [2.45, 2.75) is 31.3 Å². The third kappa shape index (κ3) is 6.36. The fraction of sp³-hybridized carbons (Fsp3) is 0.294. The summed E-state index contributed by atoms with van der Waals surface area (Å²) in [7, 11) is 1.32. The van der Waals surface area contributed by atoms with E-state index in [-0.39, 0.29) is 23.6 Å². The standard InChI is InChI=1S/C34H36N6O3/c1-43-34(42)31-24-40(37-36-31)18-10-16-28(30-23-27-15-8-9-17-29(27)35-30)33(41)39-21-19-38(20-22-39)32(25-11-4-2-5-12-25)26-13-6-3-7-14-26/h2-9,11-15,17,23-24,28,32,35H,10,16,18-22H2,1H3/t28-/m0/s1. The second-order valence-electron chi connectivity index (χ2n) is 11.0. The van der Waals surface area contributed by atoms with Gasteiger partial charge < -0.3 is 14.6 Å². The number of carbonyl (C=O) groups excluding carboxylic acids is 2. The van der Waals surface area contributed by atoms with Crippen molar-refractivity contribution in [3.05, 3.63) is 120 Å².